The minimum absolute atomic E-state index is 0.0355. The van der Waals surface area contributed by atoms with Crippen LogP contribution in [0, 0.1) is 56.2 Å². The molecule has 5 saturated carbocycles. The molecule has 0 aromatic carbocycles. The van der Waals surface area contributed by atoms with Crippen LogP contribution in [0.2, 0.25) is 0 Å². The zero-order valence-electron chi connectivity index (χ0n) is 22.9. The van der Waals surface area contributed by atoms with Crippen molar-refractivity contribution in [1.82, 2.24) is 0 Å². The molecule has 5 aliphatic rings. The van der Waals surface area contributed by atoms with E-state index in [2.05, 4.69) is 62.0 Å². The highest BCUT2D eigenvalue weighted by molar-refractivity contribution is 5.26. The summed E-state index contributed by atoms with van der Waals surface area (Å²) in [6.07, 6.45) is 10.0. The van der Waals surface area contributed by atoms with Crippen molar-refractivity contribution < 1.29 is 10.2 Å². The Balaban J connectivity index is 1.60. The van der Waals surface area contributed by atoms with Crippen LogP contribution in [0.15, 0.2) is 12.2 Å². The Hall–Kier alpha value is -0.340. The van der Waals surface area contributed by atoms with Gasteiger partial charge in [0.25, 0.3) is 0 Å². The van der Waals surface area contributed by atoms with Crippen molar-refractivity contribution in [1.29, 1.82) is 0 Å². The first-order chi connectivity index (χ1) is 15.1. The van der Waals surface area contributed by atoms with Crippen molar-refractivity contribution in [3.8, 4) is 0 Å². The standard InChI is InChI=1S/C31H52O2/c1-19(2)20-10-11-22-27(20,5)16-17-30(8)29(7)15-12-21-26(3,4)24(32)13-14-28(21,6)23(29)18-25(33)31(22,30)9/h20-25,32-33H,1,10-18H2,2-9H3/t20-,21?,22?,23-,24+,25-,27-,28+,29+,30-,31-/m1/s1. The quantitative estimate of drug-likeness (QED) is 0.404. The SMILES string of the molecule is C=C(C)[C@H]1CCC2[C@]1(C)CC[C@]1(C)[C@@]3(C)CCC4C(C)(C)[C@@H](O)CC[C@]4(C)[C@H]3C[C@@H](O)[C@@]21C. The second-order valence-electron chi connectivity index (χ2n) is 15.3. The van der Waals surface area contributed by atoms with Gasteiger partial charge in [-0.25, -0.2) is 0 Å². The normalized spacial score (nSPS) is 59.7. The smallest absolute Gasteiger partial charge is 0.0605 e. The fourth-order valence-corrected chi connectivity index (χ4v) is 12.3. The summed E-state index contributed by atoms with van der Waals surface area (Å²) >= 11 is 0. The fraction of sp³-hybridized carbons (Fsp3) is 0.935. The maximum absolute atomic E-state index is 12.2. The van der Waals surface area contributed by atoms with E-state index in [0.29, 0.717) is 23.7 Å². The van der Waals surface area contributed by atoms with Crippen molar-refractivity contribution >= 4 is 0 Å². The highest BCUT2D eigenvalue weighted by Crippen LogP contribution is 2.80. The van der Waals surface area contributed by atoms with E-state index in [9.17, 15) is 10.2 Å². The second-order valence-corrected chi connectivity index (χ2v) is 15.3. The average Bonchev–Trinajstić information content (AvgIpc) is 3.08. The summed E-state index contributed by atoms with van der Waals surface area (Å²) in [5.74, 6) is 2.26. The summed E-state index contributed by atoms with van der Waals surface area (Å²) in [6, 6.07) is 0. The monoisotopic (exact) mass is 456 g/mol. The molecule has 0 radical (unpaired) electrons. The molecule has 188 valence electrons. The van der Waals surface area contributed by atoms with Crippen molar-refractivity contribution in [2.24, 2.45) is 56.2 Å². The Labute approximate surface area is 204 Å². The molecule has 5 fully saturated rings. The van der Waals surface area contributed by atoms with E-state index >= 15 is 0 Å². The molecule has 0 aromatic rings. The number of hydrogen-bond acceptors (Lipinski definition) is 2. The highest BCUT2D eigenvalue weighted by Gasteiger charge is 2.75. The lowest BCUT2D eigenvalue weighted by atomic mass is 9.28. The van der Waals surface area contributed by atoms with Crippen LogP contribution >= 0.6 is 0 Å². The first-order valence-corrected chi connectivity index (χ1v) is 14.1. The Bertz CT molecular complexity index is 846. The summed E-state index contributed by atoms with van der Waals surface area (Å²) < 4.78 is 0. The molecule has 0 saturated heterocycles. The van der Waals surface area contributed by atoms with Gasteiger partial charge in [0.15, 0.2) is 0 Å². The minimum atomic E-state index is -0.236. The maximum atomic E-state index is 12.2. The Kier molecular flexibility index (Phi) is 5.10. The van der Waals surface area contributed by atoms with E-state index in [1.165, 1.54) is 44.1 Å². The van der Waals surface area contributed by atoms with Crippen LogP contribution in [0.5, 0.6) is 0 Å². The van der Waals surface area contributed by atoms with Gasteiger partial charge in [0.1, 0.15) is 0 Å². The topological polar surface area (TPSA) is 40.5 Å². The third kappa shape index (κ3) is 2.59. The molecular weight excluding hydrogens is 404 g/mol. The molecule has 0 amide bonds. The third-order valence-electron chi connectivity index (χ3n) is 14.4. The van der Waals surface area contributed by atoms with Gasteiger partial charge < -0.3 is 10.2 Å². The molecule has 5 aliphatic carbocycles. The van der Waals surface area contributed by atoms with Crippen molar-refractivity contribution in [2.75, 3.05) is 0 Å². The predicted molar refractivity (Wildman–Crippen MR) is 137 cm³/mol. The number of fused-ring (bicyclic) bond motifs is 7. The molecule has 2 unspecified atom stereocenters. The zero-order valence-corrected chi connectivity index (χ0v) is 22.9. The molecule has 0 aliphatic heterocycles. The van der Waals surface area contributed by atoms with Gasteiger partial charge in [-0.1, -0.05) is 60.6 Å². The Morgan fingerprint density at radius 1 is 0.697 bits per heavy atom. The van der Waals surface area contributed by atoms with Gasteiger partial charge in [-0.2, -0.15) is 0 Å². The summed E-state index contributed by atoms with van der Waals surface area (Å²) in [5.41, 5.74) is 2.16. The van der Waals surface area contributed by atoms with E-state index in [1.807, 2.05) is 0 Å². The van der Waals surface area contributed by atoms with Crippen LogP contribution in [0.3, 0.4) is 0 Å². The van der Waals surface area contributed by atoms with Gasteiger partial charge in [0.05, 0.1) is 12.2 Å². The Morgan fingerprint density at radius 3 is 2.00 bits per heavy atom. The van der Waals surface area contributed by atoms with Crippen molar-refractivity contribution in [2.45, 2.75) is 125 Å². The number of rotatable bonds is 1. The molecule has 11 atom stereocenters. The first kappa shape index (κ1) is 24.4. The molecule has 0 spiro atoms. The molecule has 0 aromatic heterocycles. The summed E-state index contributed by atoms with van der Waals surface area (Å²) in [7, 11) is 0. The van der Waals surface area contributed by atoms with Gasteiger partial charge >= 0.3 is 0 Å². The van der Waals surface area contributed by atoms with Gasteiger partial charge in [0, 0.05) is 5.41 Å². The Morgan fingerprint density at radius 2 is 1.36 bits per heavy atom. The van der Waals surface area contributed by atoms with Crippen LogP contribution in [-0.4, -0.2) is 22.4 Å². The van der Waals surface area contributed by atoms with Crippen LogP contribution < -0.4 is 0 Å². The van der Waals surface area contributed by atoms with Gasteiger partial charge in [-0.15, -0.1) is 0 Å². The highest BCUT2D eigenvalue weighted by atomic mass is 16.3. The molecular formula is C31H52O2. The average molecular weight is 457 g/mol. The number of hydrogen-bond donors (Lipinski definition) is 2. The predicted octanol–water partition coefficient (Wildman–Crippen LogP) is 7.39. The van der Waals surface area contributed by atoms with Crippen LogP contribution in [0.4, 0.5) is 0 Å². The second kappa shape index (κ2) is 6.90. The van der Waals surface area contributed by atoms with Gasteiger partial charge in [0.2, 0.25) is 0 Å². The molecule has 2 N–H and O–H groups in total. The van der Waals surface area contributed by atoms with Crippen LogP contribution in [0.1, 0.15) is 113 Å². The number of aliphatic hydroxyl groups is 2. The molecule has 0 heterocycles. The van der Waals surface area contributed by atoms with Gasteiger partial charge in [-0.3, -0.25) is 0 Å². The van der Waals surface area contributed by atoms with E-state index in [-0.39, 0.29) is 44.7 Å². The largest absolute Gasteiger partial charge is 0.393 e. The van der Waals surface area contributed by atoms with Crippen LogP contribution in [-0.2, 0) is 0 Å². The maximum Gasteiger partial charge on any atom is 0.0605 e. The molecule has 5 rings (SSSR count). The molecule has 33 heavy (non-hydrogen) atoms. The molecule has 2 heteroatoms. The zero-order chi connectivity index (χ0) is 24.4. The number of allylic oxidation sites excluding steroid dienone is 1. The van der Waals surface area contributed by atoms with Crippen molar-refractivity contribution in [3.05, 3.63) is 12.2 Å². The van der Waals surface area contributed by atoms with E-state index in [1.54, 1.807) is 0 Å². The van der Waals surface area contributed by atoms with E-state index in [0.717, 1.165) is 19.3 Å². The number of aliphatic hydroxyl groups excluding tert-OH is 2. The van der Waals surface area contributed by atoms with Gasteiger partial charge in [-0.05, 0) is 115 Å². The lowest BCUT2D eigenvalue weighted by Crippen LogP contribution is -2.72. The summed E-state index contributed by atoms with van der Waals surface area (Å²) in [6.45, 7) is 24.1. The van der Waals surface area contributed by atoms with E-state index < -0.39 is 0 Å². The third-order valence-corrected chi connectivity index (χ3v) is 14.4. The van der Waals surface area contributed by atoms with E-state index in [4.69, 9.17) is 0 Å². The minimum Gasteiger partial charge on any atom is -0.393 e. The summed E-state index contributed by atoms with van der Waals surface area (Å²) in [4.78, 5) is 0. The lowest BCUT2D eigenvalue weighted by molar-refractivity contribution is -0.305. The first-order valence-electron chi connectivity index (χ1n) is 14.1. The summed E-state index contributed by atoms with van der Waals surface area (Å²) in [5, 5.41) is 23.1. The molecule has 2 nitrogen and oxygen atoms in total. The van der Waals surface area contributed by atoms with Crippen molar-refractivity contribution in [3.63, 3.8) is 0 Å². The van der Waals surface area contributed by atoms with Crippen LogP contribution in [0.25, 0.3) is 0 Å². The lowest BCUT2D eigenvalue weighted by Gasteiger charge is -2.76. The fourth-order valence-electron chi connectivity index (χ4n) is 12.3. The molecule has 0 bridgehead atoms.